The fourth-order valence-corrected chi connectivity index (χ4v) is 1.75. The number of alkyl halides is 3. The second kappa shape index (κ2) is 4.25. The van der Waals surface area contributed by atoms with Gasteiger partial charge in [0.05, 0.1) is 6.42 Å². The normalized spacial score (nSPS) is 14.0. The lowest BCUT2D eigenvalue weighted by molar-refractivity contribution is -0.137. The van der Waals surface area contributed by atoms with Gasteiger partial charge in [0.25, 0.3) is 0 Å². The molecule has 0 heterocycles. The third-order valence-corrected chi connectivity index (χ3v) is 2.50. The maximum Gasteiger partial charge on any atom is 0.389 e. The Bertz CT molecular complexity index is 339. The topological polar surface area (TPSA) is 0 Å². The van der Waals surface area contributed by atoms with Gasteiger partial charge in [-0.3, -0.25) is 0 Å². The summed E-state index contributed by atoms with van der Waals surface area (Å²) >= 11 is 0. The summed E-state index contributed by atoms with van der Waals surface area (Å²) in [7, 11) is 0. The summed E-state index contributed by atoms with van der Waals surface area (Å²) in [5, 5.41) is 0. The molecule has 1 unspecified atom stereocenters. The van der Waals surface area contributed by atoms with Crippen LogP contribution in [0.5, 0.6) is 0 Å². The van der Waals surface area contributed by atoms with Gasteiger partial charge in [-0.25, -0.2) is 0 Å². The second-order valence-electron chi connectivity index (χ2n) is 4.08. The van der Waals surface area contributed by atoms with Crippen molar-refractivity contribution in [2.75, 3.05) is 0 Å². The number of halogens is 3. The standard InChI is InChI=1S/C12H15F3/c1-8-4-5-9(2)11(6-8)10(3)7-12(13,14)15/h4-6,10H,7H2,1-3H3. The van der Waals surface area contributed by atoms with Crippen LogP contribution < -0.4 is 0 Å². The van der Waals surface area contributed by atoms with Crippen molar-refractivity contribution in [2.45, 2.75) is 39.3 Å². The number of hydrogen-bond donors (Lipinski definition) is 0. The molecule has 1 atom stereocenters. The molecule has 0 fully saturated rings. The molecule has 0 nitrogen and oxygen atoms in total. The zero-order valence-electron chi connectivity index (χ0n) is 9.15. The third-order valence-electron chi connectivity index (χ3n) is 2.50. The third kappa shape index (κ3) is 3.57. The Kier molecular flexibility index (Phi) is 3.42. The van der Waals surface area contributed by atoms with Crippen LogP contribution in [0.4, 0.5) is 13.2 Å². The highest BCUT2D eigenvalue weighted by Crippen LogP contribution is 2.32. The lowest BCUT2D eigenvalue weighted by atomic mass is 9.92. The largest absolute Gasteiger partial charge is 0.389 e. The van der Waals surface area contributed by atoms with Gasteiger partial charge in [0.15, 0.2) is 0 Å². The first-order chi connectivity index (χ1) is 6.79. The molecule has 0 spiro atoms. The minimum Gasteiger partial charge on any atom is -0.171 e. The number of rotatable bonds is 2. The van der Waals surface area contributed by atoms with Gasteiger partial charge in [-0.1, -0.05) is 30.7 Å². The number of hydrogen-bond acceptors (Lipinski definition) is 0. The molecule has 84 valence electrons. The molecule has 0 bridgehead atoms. The van der Waals surface area contributed by atoms with Gasteiger partial charge in [0.2, 0.25) is 0 Å². The van der Waals surface area contributed by atoms with Crippen LogP contribution in [-0.2, 0) is 0 Å². The molecular weight excluding hydrogens is 201 g/mol. The highest BCUT2D eigenvalue weighted by molar-refractivity contribution is 5.33. The molecule has 15 heavy (non-hydrogen) atoms. The van der Waals surface area contributed by atoms with Crippen LogP contribution in [0.3, 0.4) is 0 Å². The summed E-state index contributed by atoms with van der Waals surface area (Å²) in [4.78, 5) is 0. The van der Waals surface area contributed by atoms with Gasteiger partial charge in [-0.2, -0.15) is 13.2 Å². The first-order valence-corrected chi connectivity index (χ1v) is 4.93. The zero-order chi connectivity index (χ0) is 11.6. The van der Waals surface area contributed by atoms with Gasteiger partial charge >= 0.3 is 6.18 Å². The molecule has 1 aromatic carbocycles. The van der Waals surface area contributed by atoms with Crippen LogP contribution in [-0.4, -0.2) is 6.18 Å². The van der Waals surface area contributed by atoms with Gasteiger partial charge in [0, 0.05) is 0 Å². The Labute approximate surface area is 88.1 Å². The van der Waals surface area contributed by atoms with E-state index in [0.717, 1.165) is 16.7 Å². The van der Waals surface area contributed by atoms with E-state index >= 15 is 0 Å². The van der Waals surface area contributed by atoms with Crippen molar-refractivity contribution >= 4 is 0 Å². The molecule has 0 radical (unpaired) electrons. The Morgan fingerprint density at radius 1 is 1.20 bits per heavy atom. The summed E-state index contributed by atoms with van der Waals surface area (Å²) in [5.74, 6) is -0.468. The zero-order valence-corrected chi connectivity index (χ0v) is 9.15. The molecular formula is C12H15F3. The average molecular weight is 216 g/mol. The van der Waals surface area contributed by atoms with Crippen LogP contribution in [0.25, 0.3) is 0 Å². The number of aryl methyl sites for hydroxylation is 2. The van der Waals surface area contributed by atoms with E-state index in [1.54, 1.807) is 6.92 Å². The minimum absolute atomic E-state index is 0.468. The molecule has 0 N–H and O–H groups in total. The summed E-state index contributed by atoms with van der Waals surface area (Å²) in [6.07, 6.45) is -4.84. The Morgan fingerprint density at radius 3 is 2.33 bits per heavy atom. The highest BCUT2D eigenvalue weighted by atomic mass is 19.4. The quantitative estimate of drug-likeness (QED) is 0.689. The molecule has 1 aromatic rings. The van der Waals surface area contributed by atoms with Gasteiger partial charge in [-0.15, -0.1) is 0 Å². The van der Waals surface area contributed by atoms with Crippen LogP contribution in [0, 0.1) is 13.8 Å². The predicted molar refractivity (Wildman–Crippen MR) is 55.0 cm³/mol. The van der Waals surface area contributed by atoms with E-state index in [2.05, 4.69) is 0 Å². The van der Waals surface area contributed by atoms with Crippen molar-refractivity contribution in [1.82, 2.24) is 0 Å². The van der Waals surface area contributed by atoms with Gasteiger partial charge in [0.1, 0.15) is 0 Å². The Balaban J connectivity index is 2.90. The average Bonchev–Trinajstić information content (AvgIpc) is 2.06. The van der Waals surface area contributed by atoms with Crippen LogP contribution >= 0.6 is 0 Å². The van der Waals surface area contributed by atoms with Gasteiger partial charge in [-0.05, 0) is 30.9 Å². The molecule has 0 aromatic heterocycles. The molecule has 1 rings (SSSR count). The van der Waals surface area contributed by atoms with E-state index in [-0.39, 0.29) is 0 Å². The van der Waals surface area contributed by atoms with Crippen molar-refractivity contribution in [2.24, 2.45) is 0 Å². The summed E-state index contributed by atoms with van der Waals surface area (Å²) < 4.78 is 36.7. The molecule has 0 aliphatic rings. The second-order valence-corrected chi connectivity index (χ2v) is 4.08. The van der Waals surface area contributed by atoms with E-state index < -0.39 is 18.5 Å². The minimum atomic E-state index is -4.09. The highest BCUT2D eigenvalue weighted by Gasteiger charge is 2.30. The van der Waals surface area contributed by atoms with Crippen molar-refractivity contribution < 1.29 is 13.2 Å². The lowest BCUT2D eigenvalue weighted by Crippen LogP contribution is -2.12. The molecule has 0 amide bonds. The maximum absolute atomic E-state index is 12.2. The van der Waals surface area contributed by atoms with Crippen molar-refractivity contribution in [3.05, 3.63) is 34.9 Å². The fraction of sp³-hybridized carbons (Fsp3) is 0.500. The monoisotopic (exact) mass is 216 g/mol. The van der Waals surface area contributed by atoms with Crippen LogP contribution in [0.15, 0.2) is 18.2 Å². The molecule has 0 saturated carbocycles. The first kappa shape index (κ1) is 12.1. The Morgan fingerprint density at radius 2 is 1.80 bits per heavy atom. The molecule has 0 aliphatic heterocycles. The molecule has 3 heteroatoms. The van der Waals surface area contributed by atoms with Gasteiger partial charge < -0.3 is 0 Å². The predicted octanol–water partition coefficient (Wildman–Crippen LogP) is 4.36. The van der Waals surface area contributed by atoms with E-state index in [4.69, 9.17) is 0 Å². The smallest absolute Gasteiger partial charge is 0.171 e. The van der Waals surface area contributed by atoms with Crippen LogP contribution in [0.2, 0.25) is 0 Å². The van der Waals surface area contributed by atoms with E-state index in [1.807, 2.05) is 32.0 Å². The summed E-state index contributed by atoms with van der Waals surface area (Å²) in [6, 6.07) is 5.63. The van der Waals surface area contributed by atoms with Crippen molar-refractivity contribution in [3.8, 4) is 0 Å². The maximum atomic E-state index is 12.2. The summed E-state index contributed by atoms with van der Waals surface area (Å²) in [5.41, 5.74) is 2.73. The Hall–Kier alpha value is -0.990. The number of benzene rings is 1. The SMILES string of the molecule is Cc1ccc(C)c(C(C)CC(F)(F)F)c1. The molecule has 0 aliphatic carbocycles. The van der Waals surface area contributed by atoms with E-state index in [1.165, 1.54) is 0 Å². The van der Waals surface area contributed by atoms with E-state index in [0.29, 0.717) is 0 Å². The fourth-order valence-electron chi connectivity index (χ4n) is 1.75. The van der Waals surface area contributed by atoms with E-state index in [9.17, 15) is 13.2 Å². The molecule has 0 saturated heterocycles. The van der Waals surface area contributed by atoms with Crippen LogP contribution in [0.1, 0.15) is 36.0 Å². The first-order valence-electron chi connectivity index (χ1n) is 4.93. The summed E-state index contributed by atoms with van der Waals surface area (Å²) in [6.45, 7) is 5.36. The van der Waals surface area contributed by atoms with Crippen molar-refractivity contribution in [3.63, 3.8) is 0 Å². The lowest BCUT2D eigenvalue weighted by Gasteiger charge is -2.17. The van der Waals surface area contributed by atoms with Crippen molar-refractivity contribution in [1.29, 1.82) is 0 Å².